The summed E-state index contributed by atoms with van der Waals surface area (Å²) in [7, 11) is 0. The molecule has 0 amide bonds. The third kappa shape index (κ3) is 4.07. The van der Waals surface area contributed by atoms with E-state index in [1.165, 1.54) is 0 Å². The third-order valence-electron chi connectivity index (χ3n) is 5.35. The molecular formula is C23H21Cl2N5. The quantitative estimate of drug-likeness (QED) is 0.535. The first-order chi connectivity index (χ1) is 14.6. The Balaban J connectivity index is 1.75. The van der Waals surface area contributed by atoms with Crippen LogP contribution in [-0.2, 0) is 0 Å². The lowest BCUT2D eigenvalue weighted by molar-refractivity contribution is 0.251. The maximum absolute atomic E-state index is 9.28. The van der Waals surface area contributed by atoms with Crippen molar-refractivity contribution in [3.63, 3.8) is 0 Å². The van der Waals surface area contributed by atoms with Gasteiger partial charge in [-0.1, -0.05) is 41.4 Å². The van der Waals surface area contributed by atoms with Crippen LogP contribution in [0, 0.1) is 11.3 Å². The number of halogens is 2. The number of hydrogen-bond acceptors (Lipinski definition) is 5. The number of allylic oxidation sites excluding steroid dienone is 1. The Morgan fingerprint density at radius 1 is 1.17 bits per heavy atom. The van der Waals surface area contributed by atoms with Crippen molar-refractivity contribution >= 4 is 39.9 Å². The van der Waals surface area contributed by atoms with Crippen molar-refractivity contribution in [2.45, 2.75) is 19.4 Å². The largest absolute Gasteiger partial charge is 0.370 e. The second-order valence-corrected chi connectivity index (χ2v) is 8.08. The molecule has 2 aromatic carbocycles. The molecule has 0 N–H and O–H groups in total. The highest BCUT2D eigenvalue weighted by atomic mass is 35.5. The van der Waals surface area contributed by atoms with E-state index in [4.69, 9.17) is 23.2 Å². The highest BCUT2D eigenvalue weighted by Gasteiger charge is 2.27. The molecule has 0 bridgehead atoms. The minimum atomic E-state index is 0.119. The van der Waals surface area contributed by atoms with E-state index in [9.17, 15) is 5.26 Å². The lowest BCUT2D eigenvalue weighted by Crippen LogP contribution is -2.51. The van der Waals surface area contributed by atoms with Gasteiger partial charge in [0.1, 0.15) is 12.1 Å². The molecule has 4 rings (SSSR count). The highest BCUT2D eigenvalue weighted by molar-refractivity contribution is 6.34. The van der Waals surface area contributed by atoms with E-state index >= 15 is 0 Å². The third-order valence-corrected chi connectivity index (χ3v) is 5.92. The fraction of sp³-hybridized carbons (Fsp3) is 0.261. The Hall–Kier alpha value is -2.81. The lowest BCUT2D eigenvalue weighted by Gasteiger charge is -2.41. The Morgan fingerprint density at radius 2 is 1.97 bits per heavy atom. The highest BCUT2D eigenvalue weighted by Crippen LogP contribution is 2.35. The van der Waals surface area contributed by atoms with Crippen molar-refractivity contribution in [1.82, 2.24) is 14.9 Å². The van der Waals surface area contributed by atoms with E-state index in [2.05, 4.69) is 32.0 Å². The number of benzene rings is 2. The fourth-order valence-electron chi connectivity index (χ4n) is 3.90. The van der Waals surface area contributed by atoms with Crippen LogP contribution in [0.1, 0.15) is 13.3 Å². The zero-order chi connectivity index (χ0) is 21.1. The van der Waals surface area contributed by atoms with Crippen molar-refractivity contribution in [2.24, 2.45) is 0 Å². The van der Waals surface area contributed by atoms with Gasteiger partial charge in [0.2, 0.25) is 0 Å². The van der Waals surface area contributed by atoms with E-state index in [0.717, 1.165) is 47.5 Å². The monoisotopic (exact) mass is 437 g/mol. The average molecular weight is 438 g/mol. The summed E-state index contributed by atoms with van der Waals surface area (Å²) >= 11 is 12.6. The number of piperazine rings is 1. The first kappa shape index (κ1) is 20.5. The maximum atomic E-state index is 9.28. The van der Waals surface area contributed by atoms with Gasteiger partial charge in [0.15, 0.2) is 0 Å². The summed E-state index contributed by atoms with van der Waals surface area (Å²) in [5, 5.41) is 11.5. The molecule has 1 atom stereocenters. The number of aromatic nitrogens is 2. The number of anilines is 1. The van der Waals surface area contributed by atoms with E-state index in [1.54, 1.807) is 6.33 Å². The molecule has 1 aromatic heterocycles. The fourth-order valence-corrected chi connectivity index (χ4v) is 4.30. The van der Waals surface area contributed by atoms with Crippen LogP contribution in [0.2, 0.25) is 10.0 Å². The first-order valence-corrected chi connectivity index (χ1v) is 10.6. The molecule has 0 radical (unpaired) electrons. The van der Waals surface area contributed by atoms with Gasteiger partial charge in [-0.05, 0) is 43.0 Å². The molecule has 1 fully saturated rings. The van der Waals surface area contributed by atoms with E-state index in [1.807, 2.05) is 49.4 Å². The van der Waals surface area contributed by atoms with Crippen LogP contribution < -0.4 is 4.90 Å². The second-order valence-electron chi connectivity index (χ2n) is 7.24. The van der Waals surface area contributed by atoms with Gasteiger partial charge in [-0.25, -0.2) is 9.97 Å². The molecule has 5 nitrogen and oxygen atoms in total. The van der Waals surface area contributed by atoms with Crippen molar-refractivity contribution in [1.29, 1.82) is 5.26 Å². The molecule has 0 spiro atoms. The Kier molecular flexibility index (Phi) is 6.08. The molecule has 1 aliphatic rings. The Bertz CT molecular complexity index is 1120. The molecule has 30 heavy (non-hydrogen) atoms. The minimum Gasteiger partial charge on any atom is -0.370 e. The average Bonchev–Trinajstić information content (AvgIpc) is 2.75. The Morgan fingerprint density at radius 3 is 2.70 bits per heavy atom. The van der Waals surface area contributed by atoms with E-state index in [0.29, 0.717) is 16.5 Å². The molecular weight excluding hydrogens is 417 g/mol. The predicted molar refractivity (Wildman–Crippen MR) is 123 cm³/mol. The van der Waals surface area contributed by atoms with Gasteiger partial charge in [0, 0.05) is 35.6 Å². The molecule has 3 aromatic rings. The van der Waals surface area contributed by atoms with Gasteiger partial charge in [-0.2, -0.15) is 5.26 Å². The van der Waals surface area contributed by atoms with Crippen LogP contribution in [0.5, 0.6) is 0 Å². The van der Waals surface area contributed by atoms with Crippen LogP contribution in [0.3, 0.4) is 0 Å². The number of fused-ring (bicyclic) bond motifs is 1. The summed E-state index contributed by atoms with van der Waals surface area (Å²) < 4.78 is 0. The van der Waals surface area contributed by atoms with Crippen LogP contribution in [0.4, 0.5) is 5.82 Å². The molecule has 152 valence electrons. The number of hydrogen-bond donors (Lipinski definition) is 0. The predicted octanol–water partition coefficient (Wildman–Crippen LogP) is 5.54. The number of nitrogens with zero attached hydrogens (tertiary/aromatic N) is 5. The van der Waals surface area contributed by atoms with Gasteiger partial charge in [0.25, 0.3) is 0 Å². The zero-order valence-electron chi connectivity index (χ0n) is 16.6. The summed E-state index contributed by atoms with van der Waals surface area (Å²) in [6.07, 6.45) is 6.12. The number of rotatable bonds is 4. The van der Waals surface area contributed by atoms with Crippen LogP contribution in [-0.4, -0.2) is 40.5 Å². The van der Waals surface area contributed by atoms with Crippen LogP contribution >= 0.6 is 23.2 Å². The van der Waals surface area contributed by atoms with Crippen LogP contribution in [0.25, 0.3) is 22.0 Å². The standard InChI is InChI=1S/C23H21Cl2N5/c1-2-9-29-10-11-30(14-18(29)7-8-26)23-20-12-19(16-3-5-17(24)6-4-16)21(25)13-22(20)27-15-28-23/h2-6,9,12-13,15,18H,7,10-11,14H2,1H3. The van der Waals surface area contributed by atoms with E-state index in [-0.39, 0.29) is 6.04 Å². The Labute approximate surface area is 186 Å². The molecule has 1 unspecified atom stereocenters. The minimum absolute atomic E-state index is 0.119. The van der Waals surface area contributed by atoms with Gasteiger partial charge in [0.05, 0.1) is 29.1 Å². The van der Waals surface area contributed by atoms with Crippen molar-refractivity contribution < 1.29 is 0 Å². The van der Waals surface area contributed by atoms with Gasteiger partial charge < -0.3 is 9.80 Å². The molecule has 0 saturated carbocycles. The molecule has 7 heteroatoms. The topological polar surface area (TPSA) is 56.1 Å². The molecule has 0 aliphatic carbocycles. The van der Waals surface area contributed by atoms with Gasteiger partial charge in [-0.3, -0.25) is 0 Å². The first-order valence-electron chi connectivity index (χ1n) is 9.81. The summed E-state index contributed by atoms with van der Waals surface area (Å²) in [5.41, 5.74) is 2.70. The smallest absolute Gasteiger partial charge is 0.140 e. The summed E-state index contributed by atoms with van der Waals surface area (Å²) in [4.78, 5) is 13.5. The molecule has 1 saturated heterocycles. The zero-order valence-corrected chi connectivity index (χ0v) is 18.1. The number of nitriles is 1. The maximum Gasteiger partial charge on any atom is 0.140 e. The van der Waals surface area contributed by atoms with Gasteiger partial charge in [-0.15, -0.1) is 0 Å². The van der Waals surface area contributed by atoms with Crippen molar-refractivity contribution in [3.8, 4) is 17.2 Å². The normalized spacial score (nSPS) is 16.9. The summed E-state index contributed by atoms with van der Waals surface area (Å²) in [6.45, 7) is 4.37. The second kappa shape index (κ2) is 8.91. The summed E-state index contributed by atoms with van der Waals surface area (Å²) in [5.74, 6) is 0.870. The van der Waals surface area contributed by atoms with Crippen molar-refractivity contribution in [2.75, 3.05) is 24.5 Å². The summed E-state index contributed by atoms with van der Waals surface area (Å²) in [6, 6.07) is 14.0. The molecule has 1 aliphatic heterocycles. The van der Waals surface area contributed by atoms with Crippen LogP contribution in [0.15, 0.2) is 55.0 Å². The van der Waals surface area contributed by atoms with Gasteiger partial charge >= 0.3 is 0 Å². The van der Waals surface area contributed by atoms with Crippen molar-refractivity contribution in [3.05, 3.63) is 65.0 Å². The molecule has 2 heterocycles. The lowest BCUT2D eigenvalue weighted by atomic mass is 10.0. The SMILES string of the molecule is CC=CN1CCN(c2ncnc3cc(Cl)c(-c4ccc(Cl)cc4)cc23)CC1CC#N. The van der Waals surface area contributed by atoms with E-state index < -0.39 is 0 Å².